The molecule has 0 bridgehead atoms. The van der Waals surface area contributed by atoms with Crippen LogP contribution in [0.5, 0.6) is 0 Å². The molecule has 0 saturated carbocycles. The highest BCUT2D eigenvalue weighted by Gasteiger charge is 2.34. The number of nitrogens with zero attached hydrogens (tertiary/aromatic N) is 2. The number of rotatable bonds is 6. The number of benzene rings is 1. The van der Waals surface area contributed by atoms with Gasteiger partial charge in [0.25, 0.3) is 11.8 Å². The molecule has 130 valence electrons. The van der Waals surface area contributed by atoms with Crippen molar-refractivity contribution in [3.05, 3.63) is 46.5 Å². The predicted octanol–water partition coefficient (Wildman–Crippen LogP) is 3.28. The second kappa shape index (κ2) is 7.14. The number of imide groups is 1. The van der Waals surface area contributed by atoms with E-state index in [1.54, 1.807) is 24.3 Å². The number of amides is 3. The minimum Gasteiger partial charge on any atom is -0.302 e. The summed E-state index contributed by atoms with van der Waals surface area (Å²) in [5.41, 5.74) is 1.81. The molecule has 1 aliphatic heterocycles. The van der Waals surface area contributed by atoms with Crippen LogP contribution >= 0.6 is 11.3 Å². The second-order valence-electron chi connectivity index (χ2n) is 6.19. The summed E-state index contributed by atoms with van der Waals surface area (Å²) in [6.45, 7) is 4.32. The van der Waals surface area contributed by atoms with Gasteiger partial charge in [-0.15, -0.1) is 11.3 Å². The van der Waals surface area contributed by atoms with Crippen LogP contribution in [-0.2, 0) is 4.79 Å². The molecule has 7 heteroatoms. The first-order valence-electron chi connectivity index (χ1n) is 8.18. The first kappa shape index (κ1) is 17.3. The average Bonchev–Trinajstić information content (AvgIpc) is 3.14. The summed E-state index contributed by atoms with van der Waals surface area (Å²) in [4.78, 5) is 42.0. The monoisotopic (exact) mass is 357 g/mol. The zero-order chi connectivity index (χ0) is 18.0. The Balaban J connectivity index is 1.50. The third kappa shape index (κ3) is 3.61. The molecule has 25 heavy (non-hydrogen) atoms. The molecule has 1 aromatic carbocycles. The number of carbonyl (C=O) groups excluding carboxylic acids is 3. The number of thiazole rings is 1. The SMILES string of the molecule is CC(C)c1csc(NC(=O)CCCN2C(=O)c3ccccc3C2=O)n1. The van der Waals surface area contributed by atoms with Gasteiger partial charge in [0.15, 0.2) is 5.13 Å². The molecule has 3 rings (SSSR count). The van der Waals surface area contributed by atoms with Crippen LogP contribution in [0.4, 0.5) is 5.13 Å². The van der Waals surface area contributed by atoms with Crippen LogP contribution in [0.2, 0.25) is 0 Å². The van der Waals surface area contributed by atoms with Crippen LogP contribution in [0.25, 0.3) is 0 Å². The van der Waals surface area contributed by atoms with Crippen molar-refractivity contribution in [1.29, 1.82) is 0 Å². The summed E-state index contributed by atoms with van der Waals surface area (Å²) < 4.78 is 0. The third-order valence-electron chi connectivity index (χ3n) is 4.02. The van der Waals surface area contributed by atoms with Gasteiger partial charge in [0.2, 0.25) is 5.91 Å². The van der Waals surface area contributed by atoms with Gasteiger partial charge in [0.05, 0.1) is 16.8 Å². The molecular weight excluding hydrogens is 338 g/mol. The Kier molecular flexibility index (Phi) is 4.94. The largest absolute Gasteiger partial charge is 0.302 e. The van der Waals surface area contributed by atoms with E-state index in [1.165, 1.54) is 16.2 Å². The Morgan fingerprint density at radius 2 is 1.84 bits per heavy atom. The molecule has 0 unspecified atom stereocenters. The first-order chi connectivity index (χ1) is 12.0. The van der Waals surface area contributed by atoms with Gasteiger partial charge >= 0.3 is 0 Å². The zero-order valence-corrected chi connectivity index (χ0v) is 14.9. The van der Waals surface area contributed by atoms with Gasteiger partial charge < -0.3 is 5.32 Å². The Morgan fingerprint density at radius 1 is 1.20 bits per heavy atom. The van der Waals surface area contributed by atoms with E-state index in [0.717, 1.165) is 5.69 Å². The summed E-state index contributed by atoms with van der Waals surface area (Å²) in [5, 5.41) is 5.27. The highest BCUT2D eigenvalue weighted by molar-refractivity contribution is 7.13. The molecule has 0 aliphatic carbocycles. The molecule has 3 amide bonds. The van der Waals surface area contributed by atoms with Crippen LogP contribution in [0.1, 0.15) is 59.0 Å². The van der Waals surface area contributed by atoms with E-state index >= 15 is 0 Å². The van der Waals surface area contributed by atoms with Crippen LogP contribution in [-0.4, -0.2) is 34.2 Å². The fourth-order valence-electron chi connectivity index (χ4n) is 2.63. The second-order valence-corrected chi connectivity index (χ2v) is 7.05. The smallest absolute Gasteiger partial charge is 0.261 e. The highest BCUT2D eigenvalue weighted by Crippen LogP contribution is 2.23. The zero-order valence-electron chi connectivity index (χ0n) is 14.1. The van der Waals surface area contributed by atoms with Crippen molar-refractivity contribution >= 4 is 34.2 Å². The fourth-order valence-corrected chi connectivity index (χ4v) is 3.52. The lowest BCUT2D eigenvalue weighted by Crippen LogP contribution is -2.31. The van der Waals surface area contributed by atoms with Crippen molar-refractivity contribution in [1.82, 2.24) is 9.88 Å². The number of carbonyl (C=O) groups is 3. The van der Waals surface area contributed by atoms with Crippen LogP contribution in [0, 0.1) is 0 Å². The van der Waals surface area contributed by atoms with Gasteiger partial charge in [-0.1, -0.05) is 26.0 Å². The maximum Gasteiger partial charge on any atom is 0.261 e. The Labute approximate surface area is 149 Å². The van der Waals surface area contributed by atoms with Crippen molar-refractivity contribution in [3.63, 3.8) is 0 Å². The summed E-state index contributed by atoms with van der Waals surface area (Å²) in [7, 11) is 0. The quantitative estimate of drug-likeness (QED) is 0.805. The van der Waals surface area contributed by atoms with Crippen molar-refractivity contribution in [2.45, 2.75) is 32.6 Å². The number of hydrogen-bond acceptors (Lipinski definition) is 5. The van der Waals surface area contributed by atoms with Gasteiger partial charge in [0, 0.05) is 18.3 Å². The molecule has 6 nitrogen and oxygen atoms in total. The standard InChI is InChI=1S/C18H19N3O3S/c1-11(2)14-10-25-18(19-14)20-15(22)8-5-9-21-16(23)12-6-3-4-7-13(12)17(21)24/h3-4,6-7,10-11H,5,8-9H2,1-2H3,(H,19,20,22). The van der Waals surface area contributed by atoms with E-state index in [1.807, 2.05) is 19.2 Å². The lowest BCUT2D eigenvalue weighted by atomic mass is 10.1. The van der Waals surface area contributed by atoms with Crippen molar-refractivity contribution in [2.75, 3.05) is 11.9 Å². The molecular formula is C18H19N3O3S. The molecule has 0 saturated heterocycles. The summed E-state index contributed by atoms with van der Waals surface area (Å²) in [6, 6.07) is 6.77. The van der Waals surface area contributed by atoms with E-state index in [0.29, 0.717) is 28.6 Å². The molecule has 0 atom stereocenters. The van der Waals surface area contributed by atoms with Gasteiger partial charge in [-0.05, 0) is 24.5 Å². The molecule has 2 aromatic rings. The number of anilines is 1. The molecule has 0 fully saturated rings. The lowest BCUT2D eigenvalue weighted by molar-refractivity contribution is -0.116. The van der Waals surface area contributed by atoms with Gasteiger partial charge in [-0.3, -0.25) is 19.3 Å². The lowest BCUT2D eigenvalue weighted by Gasteiger charge is -2.13. The molecule has 1 aromatic heterocycles. The number of fused-ring (bicyclic) bond motifs is 1. The molecule has 1 aliphatic rings. The minimum absolute atomic E-state index is 0.165. The van der Waals surface area contributed by atoms with E-state index in [9.17, 15) is 14.4 Å². The van der Waals surface area contributed by atoms with E-state index in [4.69, 9.17) is 0 Å². The number of hydrogen-bond donors (Lipinski definition) is 1. The normalized spacial score (nSPS) is 13.5. The van der Waals surface area contributed by atoms with Crippen molar-refractivity contribution in [3.8, 4) is 0 Å². The summed E-state index contributed by atoms with van der Waals surface area (Å²) in [5.74, 6) is -0.429. The average molecular weight is 357 g/mol. The topological polar surface area (TPSA) is 79.4 Å². The molecule has 0 spiro atoms. The summed E-state index contributed by atoms with van der Waals surface area (Å²) >= 11 is 1.40. The highest BCUT2D eigenvalue weighted by atomic mass is 32.1. The maximum absolute atomic E-state index is 12.2. The minimum atomic E-state index is -0.289. The van der Waals surface area contributed by atoms with E-state index in [2.05, 4.69) is 10.3 Å². The molecule has 1 N–H and O–H groups in total. The van der Waals surface area contributed by atoms with E-state index < -0.39 is 0 Å². The maximum atomic E-state index is 12.2. The van der Waals surface area contributed by atoms with Crippen LogP contribution < -0.4 is 5.32 Å². The molecule has 2 heterocycles. The van der Waals surface area contributed by atoms with Crippen molar-refractivity contribution < 1.29 is 14.4 Å². The van der Waals surface area contributed by atoms with Gasteiger partial charge in [-0.2, -0.15) is 0 Å². The Hall–Kier alpha value is -2.54. The van der Waals surface area contributed by atoms with Gasteiger partial charge in [-0.25, -0.2) is 4.98 Å². The van der Waals surface area contributed by atoms with E-state index in [-0.39, 0.29) is 30.7 Å². The van der Waals surface area contributed by atoms with Gasteiger partial charge in [0.1, 0.15) is 0 Å². The van der Waals surface area contributed by atoms with Crippen LogP contribution in [0.3, 0.4) is 0 Å². The third-order valence-corrected chi connectivity index (χ3v) is 4.80. The fraction of sp³-hybridized carbons (Fsp3) is 0.333. The Morgan fingerprint density at radius 3 is 2.40 bits per heavy atom. The first-order valence-corrected chi connectivity index (χ1v) is 9.06. The number of aromatic nitrogens is 1. The molecule has 0 radical (unpaired) electrons. The predicted molar refractivity (Wildman–Crippen MR) is 95.9 cm³/mol. The Bertz CT molecular complexity index is 793. The number of nitrogens with one attached hydrogen (secondary N) is 1. The van der Waals surface area contributed by atoms with Crippen LogP contribution in [0.15, 0.2) is 29.6 Å². The van der Waals surface area contributed by atoms with Crippen molar-refractivity contribution in [2.24, 2.45) is 0 Å². The summed E-state index contributed by atoms with van der Waals surface area (Å²) in [6.07, 6.45) is 0.643.